The van der Waals surface area contributed by atoms with Crippen LogP contribution in [0.15, 0.2) is 15.9 Å². The van der Waals surface area contributed by atoms with Crippen molar-refractivity contribution < 1.29 is 4.79 Å². The largest absolute Gasteiger partial charge is 0.341 e. The third-order valence-electron chi connectivity index (χ3n) is 2.94. The van der Waals surface area contributed by atoms with Crippen molar-refractivity contribution in [2.45, 2.75) is 52.0 Å². The topological polar surface area (TPSA) is 20.3 Å². The summed E-state index contributed by atoms with van der Waals surface area (Å²) >= 11 is 5.13. The number of carbonyl (C=O) groups excluding carboxylic acids is 1. The van der Waals surface area contributed by atoms with Gasteiger partial charge in [0, 0.05) is 18.3 Å². The van der Waals surface area contributed by atoms with Crippen molar-refractivity contribution in [1.82, 2.24) is 4.90 Å². The Labute approximate surface area is 123 Å². The van der Waals surface area contributed by atoms with Crippen LogP contribution in [0.4, 0.5) is 0 Å². The third kappa shape index (κ3) is 6.01. The quantitative estimate of drug-likeness (QED) is 0.625. The van der Waals surface area contributed by atoms with Gasteiger partial charge in [0.15, 0.2) is 0 Å². The van der Waals surface area contributed by atoms with Gasteiger partial charge in [-0.1, -0.05) is 32.6 Å². The SMILES string of the molecule is CCCCCCCC(=O)N(C)Cc1ccc(Br)s1. The lowest BCUT2D eigenvalue weighted by Crippen LogP contribution is -2.25. The van der Waals surface area contributed by atoms with Gasteiger partial charge in [0.25, 0.3) is 0 Å². The number of thiophene rings is 1. The van der Waals surface area contributed by atoms with Gasteiger partial charge in [-0.2, -0.15) is 0 Å². The number of hydrogen-bond acceptors (Lipinski definition) is 2. The minimum absolute atomic E-state index is 0.260. The monoisotopic (exact) mass is 331 g/mol. The highest BCUT2D eigenvalue weighted by Gasteiger charge is 2.09. The fourth-order valence-electron chi connectivity index (χ4n) is 1.83. The van der Waals surface area contributed by atoms with E-state index in [9.17, 15) is 4.79 Å². The molecule has 0 saturated heterocycles. The second-order valence-corrected chi connectivity index (χ2v) is 7.17. The van der Waals surface area contributed by atoms with Crippen molar-refractivity contribution in [3.05, 3.63) is 20.8 Å². The van der Waals surface area contributed by atoms with Gasteiger partial charge in [-0.25, -0.2) is 0 Å². The van der Waals surface area contributed by atoms with Gasteiger partial charge in [-0.15, -0.1) is 11.3 Å². The van der Waals surface area contributed by atoms with E-state index in [1.54, 1.807) is 11.3 Å². The molecule has 0 aliphatic rings. The number of rotatable bonds is 8. The summed E-state index contributed by atoms with van der Waals surface area (Å²) in [5.41, 5.74) is 0. The summed E-state index contributed by atoms with van der Waals surface area (Å²) in [7, 11) is 1.89. The van der Waals surface area contributed by atoms with E-state index in [1.165, 1.54) is 30.6 Å². The van der Waals surface area contributed by atoms with Crippen LogP contribution in [-0.2, 0) is 11.3 Å². The van der Waals surface area contributed by atoms with Crippen LogP contribution < -0.4 is 0 Å². The van der Waals surface area contributed by atoms with Crippen LogP contribution >= 0.6 is 27.3 Å². The lowest BCUT2D eigenvalue weighted by Gasteiger charge is -2.16. The Hall–Kier alpha value is -0.350. The molecule has 4 heteroatoms. The zero-order valence-electron chi connectivity index (χ0n) is 11.2. The van der Waals surface area contributed by atoms with Crippen molar-refractivity contribution in [3.8, 4) is 0 Å². The number of amides is 1. The lowest BCUT2D eigenvalue weighted by atomic mass is 10.1. The highest BCUT2D eigenvalue weighted by Crippen LogP contribution is 2.23. The maximum absolute atomic E-state index is 11.9. The van der Waals surface area contributed by atoms with Gasteiger partial charge >= 0.3 is 0 Å². The molecule has 0 aromatic carbocycles. The average molecular weight is 332 g/mol. The van der Waals surface area contributed by atoms with E-state index >= 15 is 0 Å². The van der Waals surface area contributed by atoms with Crippen LogP contribution in [0.3, 0.4) is 0 Å². The molecule has 0 radical (unpaired) electrons. The van der Waals surface area contributed by atoms with E-state index in [2.05, 4.69) is 28.9 Å². The molecule has 0 atom stereocenters. The van der Waals surface area contributed by atoms with E-state index in [4.69, 9.17) is 0 Å². The van der Waals surface area contributed by atoms with Gasteiger partial charge in [0.05, 0.1) is 10.3 Å². The Morgan fingerprint density at radius 1 is 1.28 bits per heavy atom. The smallest absolute Gasteiger partial charge is 0.222 e. The Bertz CT molecular complexity index is 364. The zero-order valence-corrected chi connectivity index (χ0v) is 13.6. The van der Waals surface area contributed by atoms with Gasteiger partial charge < -0.3 is 4.90 Å². The molecule has 1 rings (SSSR count). The first-order valence-corrected chi connectivity index (χ1v) is 8.22. The summed E-state index contributed by atoms with van der Waals surface area (Å²) in [6, 6.07) is 4.10. The van der Waals surface area contributed by atoms with Crippen LogP contribution in [0.2, 0.25) is 0 Å². The molecular weight excluding hydrogens is 310 g/mol. The number of unbranched alkanes of at least 4 members (excludes halogenated alkanes) is 4. The van der Waals surface area contributed by atoms with E-state index in [0.717, 1.165) is 16.8 Å². The molecule has 0 bridgehead atoms. The van der Waals surface area contributed by atoms with Gasteiger partial charge in [-0.3, -0.25) is 4.79 Å². The minimum Gasteiger partial charge on any atom is -0.341 e. The van der Waals surface area contributed by atoms with Crippen molar-refractivity contribution in [3.63, 3.8) is 0 Å². The molecule has 0 fully saturated rings. The number of carbonyl (C=O) groups is 1. The molecule has 1 amide bonds. The molecule has 0 aliphatic carbocycles. The standard InChI is InChI=1S/C14H22BrNOS/c1-3-4-5-6-7-8-14(17)16(2)11-12-9-10-13(15)18-12/h9-10H,3-8,11H2,1-2H3. The van der Waals surface area contributed by atoms with E-state index < -0.39 is 0 Å². The highest BCUT2D eigenvalue weighted by atomic mass is 79.9. The van der Waals surface area contributed by atoms with Crippen LogP contribution in [0.5, 0.6) is 0 Å². The zero-order chi connectivity index (χ0) is 13.4. The molecular formula is C14H22BrNOS. The summed E-state index contributed by atoms with van der Waals surface area (Å²) in [6.07, 6.45) is 6.68. The summed E-state index contributed by atoms with van der Waals surface area (Å²) in [6.45, 7) is 2.93. The molecule has 0 saturated carbocycles. The average Bonchev–Trinajstić information content (AvgIpc) is 2.74. The fraction of sp³-hybridized carbons (Fsp3) is 0.643. The molecule has 102 valence electrons. The molecule has 0 unspecified atom stereocenters. The van der Waals surface area contributed by atoms with Crippen molar-refractivity contribution >= 4 is 33.2 Å². The predicted octanol–water partition coefficient (Wildman–Crippen LogP) is 4.83. The molecule has 0 aliphatic heterocycles. The van der Waals surface area contributed by atoms with Crippen LogP contribution in [0.1, 0.15) is 50.3 Å². The molecule has 18 heavy (non-hydrogen) atoms. The molecule has 0 N–H and O–H groups in total. The summed E-state index contributed by atoms with van der Waals surface area (Å²) < 4.78 is 1.12. The van der Waals surface area contributed by atoms with Crippen molar-refractivity contribution in [1.29, 1.82) is 0 Å². The Kier molecular flexibility index (Phi) is 7.59. The Morgan fingerprint density at radius 3 is 2.61 bits per heavy atom. The Morgan fingerprint density at radius 2 is 2.00 bits per heavy atom. The first-order valence-electron chi connectivity index (χ1n) is 6.61. The number of halogens is 1. The molecule has 1 heterocycles. The summed E-state index contributed by atoms with van der Waals surface area (Å²) in [5.74, 6) is 0.260. The third-order valence-corrected chi connectivity index (χ3v) is 4.55. The van der Waals surface area contributed by atoms with Crippen LogP contribution in [-0.4, -0.2) is 17.9 Å². The van der Waals surface area contributed by atoms with E-state index in [-0.39, 0.29) is 5.91 Å². The second-order valence-electron chi connectivity index (χ2n) is 4.62. The van der Waals surface area contributed by atoms with Gasteiger partial charge in [-0.05, 0) is 34.5 Å². The lowest BCUT2D eigenvalue weighted by molar-refractivity contribution is -0.130. The number of hydrogen-bond donors (Lipinski definition) is 0. The summed E-state index contributed by atoms with van der Waals surface area (Å²) in [5, 5.41) is 0. The Balaban J connectivity index is 2.20. The molecule has 2 nitrogen and oxygen atoms in total. The maximum atomic E-state index is 11.9. The predicted molar refractivity (Wildman–Crippen MR) is 81.9 cm³/mol. The number of nitrogens with zero attached hydrogens (tertiary/aromatic N) is 1. The van der Waals surface area contributed by atoms with Crippen LogP contribution in [0, 0.1) is 0 Å². The van der Waals surface area contributed by atoms with Crippen molar-refractivity contribution in [2.24, 2.45) is 0 Å². The van der Waals surface area contributed by atoms with E-state index in [0.29, 0.717) is 6.42 Å². The minimum atomic E-state index is 0.260. The maximum Gasteiger partial charge on any atom is 0.222 e. The van der Waals surface area contributed by atoms with Crippen LogP contribution in [0.25, 0.3) is 0 Å². The van der Waals surface area contributed by atoms with Gasteiger partial charge in [0.1, 0.15) is 0 Å². The first-order chi connectivity index (χ1) is 8.63. The first kappa shape index (κ1) is 15.7. The van der Waals surface area contributed by atoms with Gasteiger partial charge in [0.2, 0.25) is 5.91 Å². The highest BCUT2D eigenvalue weighted by molar-refractivity contribution is 9.11. The normalized spacial score (nSPS) is 10.6. The molecule has 1 aromatic heterocycles. The van der Waals surface area contributed by atoms with E-state index in [1.807, 2.05) is 18.0 Å². The van der Waals surface area contributed by atoms with Crippen molar-refractivity contribution in [2.75, 3.05) is 7.05 Å². The molecule has 0 spiro atoms. The summed E-state index contributed by atoms with van der Waals surface area (Å²) in [4.78, 5) is 15.0. The molecule has 1 aromatic rings. The second kappa shape index (κ2) is 8.70. The fourth-order valence-corrected chi connectivity index (χ4v) is 3.37.